The van der Waals surface area contributed by atoms with Gasteiger partial charge in [-0.15, -0.1) is 11.3 Å². The molecule has 0 saturated carbocycles. The lowest BCUT2D eigenvalue weighted by Crippen LogP contribution is -2.47. The van der Waals surface area contributed by atoms with Gasteiger partial charge < -0.3 is 10.2 Å². The van der Waals surface area contributed by atoms with Crippen molar-refractivity contribution in [1.29, 1.82) is 0 Å². The van der Waals surface area contributed by atoms with Gasteiger partial charge in [-0.3, -0.25) is 4.79 Å². The maximum Gasteiger partial charge on any atom is 0.242 e. The van der Waals surface area contributed by atoms with E-state index in [1.54, 1.807) is 17.7 Å². The number of nitrogens with one attached hydrogen (secondary N) is 1. The van der Waals surface area contributed by atoms with Crippen LogP contribution < -0.4 is 5.32 Å². The number of fused-ring (bicyclic) bond motifs is 1. The van der Waals surface area contributed by atoms with Crippen LogP contribution in [0.2, 0.25) is 0 Å². The van der Waals surface area contributed by atoms with Crippen molar-refractivity contribution in [2.45, 2.75) is 33.2 Å². The molecule has 0 aliphatic carbocycles. The summed E-state index contributed by atoms with van der Waals surface area (Å²) in [6.45, 7) is 9.03. The number of anilines is 1. The van der Waals surface area contributed by atoms with E-state index in [1.165, 1.54) is 0 Å². The molecular formula is C20H24N4OS. The zero-order valence-corrected chi connectivity index (χ0v) is 16.4. The van der Waals surface area contributed by atoms with Gasteiger partial charge in [0.1, 0.15) is 17.0 Å². The highest BCUT2D eigenvalue weighted by atomic mass is 32.1. The molecule has 0 saturated heterocycles. The molecule has 2 heterocycles. The lowest BCUT2D eigenvalue weighted by atomic mass is 10.1. The number of nitrogens with zero attached hydrogens (tertiary/aromatic N) is 3. The van der Waals surface area contributed by atoms with Crippen LogP contribution in [0.3, 0.4) is 0 Å². The summed E-state index contributed by atoms with van der Waals surface area (Å²) in [4.78, 5) is 25.2. The molecule has 3 rings (SSSR count). The summed E-state index contributed by atoms with van der Waals surface area (Å²) in [5.41, 5.74) is 0.958. The van der Waals surface area contributed by atoms with Gasteiger partial charge in [0, 0.05) is 17.0 Å². The fourth-order valence-electron chi connectivity index (χ4n) is 3.02. The first-order valence-corrected chi connectivity index (χ1v) is 9.56. The summed E-state index contributed by atoms with van der Waals surface area (Å²) in [5, 5.41) is 4.15. The van der Waals surface area contributed by atoms with Crippen molar-refractivity contribution < 1.29 is 4.79 Å². The van der Waals surface area contributed by atoms with Crippen LogP contribution in [0.1, 0.15) is 27.7 Å². The van der Waals surface area contributed by atoms with Crippen LogP contribution in [0.15, 0.2) is 42.7 Å². The average Bonchev–Trinajstić information content (AvgIpc) is 3.05. The van der Waals surface area contributed by atoms with Crippen molar-refractivity contribution in [3.63, 3.8) is 0 Å². The minimum atomic E-state index is -0.197. The second-order valence-corrected chi connectivity index (χ2v) is 8.11. The summed E-state index contributed by atoms with van der Waals surface area (Å²) in [6.07, 6.45) is 1.54. The van der Waals surface area contributed by atoms with Crippen LogP contribution in [0, 0.1) is 0 Å². The van der Waals surface area contributed by atoms with Crippen molar-refractivity contribution in [3.05, 3.63) is 42.7 Å². The number of carbonyl (C=O) groups is 1. The molecule has 5 nitrogen and oxygen atoms in total. The van der Waals surface area contributed by atoms with Gasteiger partial charge in [0.15, 0.2) is 0 Å². The minimum Gasteiger partial charge on any atom is -0.360 e. The van der Waals surface area contributed by atoms with Crippen LogP contribution in [0.4, 0.5) is 5.82 Å². The van der Waals surface area contributed by atoms with Crippen LogP contribution in [0.25, 0.3) is 20.7 Å². The molecule has 136 valence electrons. The SMILES string of the molecule is CCN(C(=O)CNc1ncnc2sc(-c3ccccc3)cc12)C(C)(C)C. The molecule has 0 radical (unpaired) electrons. The van der Waals surface area contributed by atoms with E-state index >= 15 is 0 Å². The van der Waals surface area contributed by atoms with E-state index in [-0.39, 0.29) is 18.0 Å². The highest BCUT2D eigenvalue weighted by Gasteiger charge is 2.24. The standard InChI is InChI=1S/C20H24N4OS/c1-5-24(20(2,3)4)17(25)12-21-18-15-11-16(14-9-7-6-8-10-14)26-19(15)23-13-22-18/h6-11,13H,5,12H2,1-4H3,(H,21,22,23). The van der Waals surface area contributed by atoms with Crippen LogP contribution in [0.5, 0.6) is 0 Å². The van der Waals surface area contributed by atoms with Crippen LogP contribution in [-0.4, -0.2) is 39.4 Å². The van der Waals surface area contributed by atoms with Gasteiger partial charge in [-0.1, -0.05) is 30.3 Å². The van der Waals surface area contributed by atoms with Crippen LogP contribution >= 0.6 is 11.3 Å². The zero-order chi connectivity index (χ0) is 18.7. The topological polar surface area (TPSA) is 58.1 Å². The Bertz CT molecular complexity index is 899. The van der Waals surface area contributed by atoms with E-state index in [1.807, 2.05) is 50.8 Å². The zero-order valence-electron chi connectivity index (χ0n) is 15.6. The smallest absolute Gasteiger partial charge is 0.242 e. The molecule has 0 aliphatic rings. The molecule has 1 aromatic carbocycles. The highest BCUT2D eigenvalue weighted by molar-refractivity contribution is 7.21. The fourth-order valence-corrected chi connectivity index (χ4v) is 4.03. The molecule has 0 atom stereocenters. The first-order valence-electron chi connectivity index (χ1n) is 8.74. The van der Waals surface area contributed by atoms with Crippen molar-refractivity contribution in [2.75, 3.05) is 18.4 Å². The maximum atomic E-state index is 12.6. The molecule has 26 heavy (non-hydrogen) atoms. The summed E-state index contributed by atoms with van der Waals surface area (Å²) in [5.74, 6) is 0.761. The summed E-state index contributed by atoms with van der Waals surface area (Å²) in [7, 11) is 0. The largest absolute Gasteiger partial charge is 0.360 e. The Kier molecular flexibility index (Phi) is 5.23. The van der Waals surface area contributed by atoms with Gasteiger partial charge in [0.05, 0.1) is 11.9 Å². The van der Waals surface area contributed by atoms with Crippen molar-refractivity contribution in [2.24, 2.45) is 0 Å². The second-order valence-electron chi connectivity index (χ2n) is 7.08. The monoisotopic (exact) mass is 368 g/mol. The number of rotatable bonds is 5. The van der Waals surface area contributed by atoms with Crippen LogP contribution in [-0.2, 0) is 4.79 Å². The Morgan fingerprint density at radius 1 is 1.19 bits per heavy atom. The lowest BCUT2D eigenvalue weighted by molar-refractivity contribution is -0.133. The van der Waals surface area contributed by atoms with E-state index in [2.05, 4.69) is 33.5 Å². The summed E-state index contributed by atoms with van der Waals surface area (Å²) < 4.78 is 0. The summed E-state index contributed by atoms with van der Waals surface area (Å²) in [6, 6.07) is 12.3. The number of thiophene rings is 1. The molecule has 0 fully saturated rings. The third kappa shape index (κ3) is 3.85. The third-order valence-electron chi connectivity index (χ3n) is 4.22. The van der Waals surface area contributed by atoms with Gasteiger partial charge in [-0.2, -0.15) is 0 Å². The number of amides is 1. The van der Waals surface area contributed by atoms with Gasteiger partial charge in [0.2, 0.25) is 5.91 Å². The molecular weight excluding hydrogens is 344 g/mol. The normalized spacial score (nSPS) is 11.5. The Morgan fingerprint density at radius 2 is 1.92 bits per heavy atom. The molecule has 1 N–H and O–H groups in total. The predicted octanol–water partition coefficient (Wildman–Crippen LogP) is 4.42. The van der Waals surface area contributed by atoms with Crippen molar-refractivity contribution in [3.8, 4) is 10.4 Å². The van der Waals surface area contributed by atoms with E-state index in [4.69, 9.17) is 0 Å². The number of hydrogen-bond acceptors (Lipinski definition) is 5. The number of likely N-dealkylation sites (N-methyl/N-ethyl adjacent to an activating group) is 1. The molecule has 0 unspecified atom stereocenters. The second kappa shape index (κ2) is 7.41. The van der Waals surface area contributed by atoms with E-state index in [0.717, 1.165) is 20.7 Å². The molecule has 0 bridgehead atoms. The molecule has 0 aliphatic heterocycles. The lowest BCUT2D eigenvalue weighted by Gasteiger charge is -2.35. The molecule has 0 spiro atoms. The molecule has 1 amide bonds. The summed E-state index contributed by atoms with van der Waals surface area (Å²) >= 11 is 1.63. The van der Waals surface area contributed by atoms with E-state index in [9.17, 15) is 4.79 Å². The van der Waals surface area contributed by atoms with Gasteiger partial charge in [0.25, 0.3) is 0 Å². The third-order valence-corrected chi connectivity index (χ3v) is 5.31. The minimum absolute atomic E-state index is 0.0604. The highest BCUT2D eigenvalue weighted by Crippen LogP contribution is 2.34. The fraction of sp³-hybridized carbons (Fsp3) is 0.350. The quantitative estimate of drug-likeness (QED) is 0.724. The number of hydrogen-bond donors (Lipinski definition) is 1. The van der Waals surface area contributed by atoms with E-state index in [0.29, 0.717) is 12.4 Å². The van der Waals surface area contributed by atoms with Crippen molar-refractivity contribution in [1.82, 2.24) is 14.9 Å². The van der Waals surface area contributed by atoms with Crippen molar-refractivity contribution >= 4 is 33.3 Å². The van der Waals surface area contributed by atoms with Gasteiger partial charge in [-0.25, -0.2) is 9.97 Å². The van der Waals surface area contributed by atoms with E-state index < -0.39 is 0 Å². The maximum absolute atomic E-state index is 12.6. The Hall–Kier alpha value is -2.47. The predicted molar refractivity (Wildman–Crippen MR) is 108 cm³/mol. The Labute approximate surface area is 158 Å². The van der Waals surface area contributed by atoms with Gasteiger partial charge in [-0.05, 0) is 39.3 Å². The first kappa shape index (κ1) is 18.3. The molecule has 6 heteroatoms. The Morgan fingerprint density at radius 3 is 2.58 bits per heavy atom. The average molecular weight is 369 g/mol. The van der Waals surface area contributed by atoms with Gasteiger partial charge >= 0.3 is 0 Å². The number of carbonyl (C=O) groups excluding carboxylic acids is 1. The molecule has 3 aromatic rings. The molecule has 2 aromatic heterocycles. The number of aromatic nitrogens is 2. The first-order chi connectivity index (χ1) is 12.4. The Balaban J connectivity index is 1.83. The number of benzene rings is 1.